The monoisotopic (exact) mass is 474 g/mol. The van der Waals surface area contributed by atoms with Gasteiger partial charge in [0.15, 0.2) is 5.17 Å². The van der Waals surface area contributed by atoms with Gasteiger partial charge >= 0.3 is 0 Å². The Hall–Kier alpha value is -2.90. The van der Waals surface area contributed by atoms with E-state index < -0.39 is 0 Å². The number of piperidine rings is 2. The van der Waals surface area contributed by atoms with Crippen LogP contribution < -0.4 is 10.2 Å². The van der Waals surface area contributed by atoms with Crippen molar-refractivity contribution >= 4 is 40.4 Å². The Kier molecular flexibility index (Phi) is 7.11. The number of nitrogens with one attached hydrogen (secondary N) is 1. The molecule has 3 fully saturated rings. The van der Waals surface area contributed by atoms with E-state index in [4.69, 9.17) is 4.99 Å². The van der Waals surface area contributed by atoms with Gasteiger partial charge in [-0.1, -0.05) is 42.5 Å². The third-order valence-electron chi connectivity index (χ3n) is 6.63. The molecule has 0 radical (unpaired) electrons. The topological polar surface area (TPSA) is 65.0 Å². The molecule has 1 amide bonds. The van der Waals surface area contributed by atoms with Gasteiger partial charge in [-0.3, -0.25) is 19.5 Å². The lowest BCUT2D eigenvalue weighted by atomic mass is 10.0. The third-order valence-corrected chi connectivity index (χ3v) is 7.56. The summed E-state index contributed by atoms with van der Waals surface area (Å²) in [4.78, 5) is 34.2. The van der Waals surface area contributed by atoms with E-state index in [1.807, 2.05) is 18.2 Å². The average Bonchev–Trinajstić information content (AvgIpc) is 3.20. The van der Waals surface area contributed by atoms with Crippen LogP contribution in [0.2, 0.25) is 0 Å². The smallest absolute Gasteiger partial charge is 0.264 e. The molecule has 0 spiro atoms. The van der Waals surface area contributed by atoms with Gasteiger partial charge in [-0.05, 0) is 53.9 Å². The molecule has 176 valence electrons. The number of nitrogens with zero attached hydrogens (tertiary/aromatic N) is 3. The number of carbonyl (C=O) groups excluding carboxylic acids is 2. The molecule has 2 aromatic rings. The molecule has 0 bridgehead atoms. The number of thioether (sulfide) groups is 1. The molecule has 2 aromatic carbocycles. The van der Waals surface area contributed by atoms with Crippen LogP contribution in [0.25, 0.3) is 6.08 Å². The molecule has 7 heteroatoms. The highest BCUT2D eigenvalue weighted by atomic mass is 32.2. The molecule has 34 heavy (non-hydrogen) atoms. The van der Waals surface area contributed by atoms with E-state index in [0.29, 0.717) is 28.7 Å². The quantitative estimate of drug-likeness (QED) is 0.662. The van der Waals surface area contributed by atoms with E-state index in [1.54, 1.807) is 0 Å². The van der Waals surface area contributed by atoms with E-state index in [1.165, 1.54) is 17.3 Å². The van der Waals surface area contributed by atoms with Crippen molar-refractivity contribution in [3.05, 3.63) is 70.6 Å². The first-order valence-electron chi connectivity index (χ1n) is 12.0. The van der Waals surface area contributed by atoms with Crippen molar-refractivity contribution in [2.24, 2.45) is 4.99 Å². The van der Waals surface area contributed by atoms with Crippen molar-refractivity contribution in [1.29, 1.82) is 0 Å². The summed E-state index contributed by atoms with van der Waals surface area (Å²) in [7, 11) is 0. The maximum atomic E-state index is 12.5. The number of carbonyl (C=O) groups is 2. The average molecular weight is 475 g/mol. The van der Waals surface area contributed by atoms with Gasteiger partial charge < -0.3 is 10.2 Å². The van der Waals surface area contributed by atoms with Gasteiger partial charge in [0, 0.05) is 51.3 Å². The molecule has 5 rings (SSSR count). The number of hydrogen-bond acceptors (Lipinski definition) is 6. The summed E-state index contributed by atoms with van der Waals surface area (Å²) in [5.41, 5.74) is 3.46. The number of amidine groups is 1. The second-order valence-corrected chi connectivity index (χ2v) is 10.1. The summed E-state index contributed by atoms with van der Waals surface area (Å²) in [6.07, 6.45) is 5.19. The number of Topliss-reactive ketones (excluding diaryl/α,β-unsaturated/α-hetero) is 1. The highest BCUT2D eigenvalue weighted by Gasteiger charge is 2.26. The lowest BCUT2D eigenvalue weighted by Gasteiger charge is -2.30. The molecule has 3 saturated heterocycles. The van der Waals surface area contributed by atoms with Crippen LogP contribution in [0, 0.1) is 0 Å². The van der Waals surface area contributed by atoms with Crippen LogP contribution in [0.15, 0.2) is 64.5 Å². The van der Waals surface area contributed by atoms with E-state index in [0.717, 1.165) is 56.8 Å². The number of ketones is 1. The fourth-order valence-corrected chi connectivity index (χ4v) is 5.54. The van der Waals surface area contributed by atoms with Gasteiger partial charge in [0.1, 0.15) is 5.78 Å². The molecule has 3 aliphatic heterocycles. The van der Waals surface area contributed by atoms with Crippen molar-refractivity contribution in [1.82, 2.24) is 10.2 Å². The summed E-state index contributed by atoms with van der Waals surface area (Å²) in [6, 6.07) is 19.0. The lowest BCUT2D eigenvalue weighted by Crippen LogP contribution is -2.35. The number of amides is 1. The fourth-order valence-electron chi connectivity index (χ4n) is 4.65. The number of rotatable bonds is 5. The Morgan fingerprint density at radius 1 is 0.941 bits per heavy atom. The van der Waals surface area contributed by atoms with Gasteiger partial charge in [-0.25, -0.2) is 0 Å². The molecule has 3 aliphatic rings. The zero-order chi connectivity index (χ0) is 23.3. The Labute approximate surface area is 205 Å². The molecule has 0 atom stereocenters. The number of hydrogen-bond donors (Lipinski definition) is 1. The highest BCUT2D eigenvalue weighted by Crippen LogP contribution is 2.28. The van der Waals surface area contributed by atoms with E-state index in [2.05, 4.69) is 57.6 Å². The Bertz CT molecular complexity index is 1080. The van der Waals surface area contributed by atoms with Crippen molar-refractivity contribution in [3.8, 4) is 0 Å². The molecule has 3 heterocycles. The first-order chi connectivity index (χ1) is 16.6. The van der Waals surface area contributed by atoms with Crippen molar-refractivity contribution < 1.29 is 9.59 Å². The molecule has 6 nitrogen and oxygen atoms in total. The van der Waals surface area contributed by atoms with Crippen LogP contribution >= 0.6 is 11.8 Å². The number of anilines is 1. The van der Waals surface area contributed by atoms with E-state index >= 15 is 0 Å². The minimum Gasteiger partial charge on any atom is -0.371 e. The Balaban J connectivity index is 1.15. The van der Waals surface area contributed by atoms with Gasteiger partial charge in [0.05, 0.1) is 10.9 Å². The summed E-state index contributed by atoms with van der Waals surface area (Å²) in [5, 5.41) is 3.66. The van der Waals surface area contributed by atoms with Crippen LogP contribution in [-0.4, -0.2) is 54.0 Å². The van der Waals surface area contributed by atoms with Crippen LogP contribution in [0.1, 0.15) is 36.8 Å². The Morgan fingerprint density at radius 3 is 2.35 bits per heavy atom. The zero-order valence-corrected chi connectivity index (χ0v) is 20.1. The fraction of sp³-hybridized carbons (Fsp3) is 0.370. The molecule has 0 unspecified atom stereocenters. The lowest BCUT2D eigenvalue weighted by molar-refractivity contribution is -0.119. The van der Waals surface area contributed by atoms with Crippen LogP contribution in [0.3, 0.4) is 0 Å². The molecule has 0 aromatic heterocycles. The van der Waals surface area contributed by atoms with Gasteiger partial charge in [-0.2, -0.15) is 0 Å². The van der Waals surface area contributed by atoms with Crippen molar-refractivity contribution in [2.45, 2.75) is 38.3 Å². The molecular formula is C27H30N4O2S. The van der Waals surface area contributed by atoms with E-state index in [-0.39, 0.29) is 11.9 Å². The summed E-state index contributed by atoms with van der Waals surface area (Å²) in [6.45, 7) is 4.59. The van der Waals surface area contributed by atoms with Gasteiger partial charge in [0.2, 0.25) is 0 Å². The van der Waals surface area contributed by atoms with E-state index in [9.17, 15) is 9.59 Å². The maximum Gasteiger partial charge on any atom is 0.264 e. The largest absolute Gasteiger partial charge is 0.371 e. The molecule has 1 N–H and O–H groups in total. The molecule has 0 saturated carbocycles. The molecule has 0 aliphatic carbocycles. The van der Waals surface area contributed by atoms with Crippen molar-refractivity contribution in [3.63, 3.8) is 0 Å². The molecular weight excluding hydrogens is 444 g/mol. The zero-order valence-electron chi connectivity index (χ0n) is 19.3. The van der Waals surface area contributed by atoms with Crippen LogP contribution in [0.4, 0.5) is 5.69 Å². The first kappa shape index (κ1) is 22.9. The number of benzene rings is 2. The Morgan fingerprint density at radius 2 is 1.65 bits per heavy atom. The standard InChI is InChI=1S/C27H30N4O2S/c32-24-12-16-31(17-13-24)23-8-6-20(7-9-23)18-25-26(33)29-27(34-25)28-22-10-14-30(15-11-22)19-21-4-2-1-3-5-21/h1-9,18,22H,10-17,19H2,(H,28,29,33). The minimum absolute atomic E-state index is 0.0797. The number of aliphatic imine (C=N–C) groups is 1. The van der Waals surface area contributed by atoms with Crippen LogP contribution in [-0.2, 0) is 16.1 Å². The first-order valence-corrected chi connectivity index (χ1v) is 12.9. The van der Waals surface area contributed by atoms with Crippen LogP contribution in [0.5, 0.6) is 0 Å². The van der Waals surface area contributed by atoms with Gasteiger partial charge in [-0.15, -0.1) is 0 Å². The SMILES string of the molecule is O=C1CCN(c2ccc(C=C3SC(=NC4CCN(Cc5ccccc5)CC4)NC3=O)cc2)CC1. The normalized spacial score (nSPS) is 22.5. The second kappa shape index (κ2) is 10.6. The number of likely N-dealkylation sites (tertiary alicyclic amines) is 1. The maximum absolute atomic E-state index is 12.5. The summed E-state index contributed by atoms with van der Waals surface area (Å²) < 4.78 is 0. The summed E-state index contributed by atoms with van der Waals surface area (Å²) >= 11 is 1.43. The highest BCUT2D eigenvalue weighted by molar-refractivity contribution is 8.18. The predicted octanol–water partition coefficient (Wildman–Crippen LogP) is 4.08. The van der Waals surface area contributed by atoms with Crippen molar-refractivity contribution in [2.75, 3.05) is 31.1 Å². The second-order valence-electron chi connectivity index (χ2n) is 9.11. The third kappa shape index (κ3) is 5.77. The summed E-state index contributed by atoms with van der Waals surface area (Å²) in [5.74, 6) is 0.265. The minimum atomic E-state index is -0.0797. The van der Waals surface area contributed by atoms with Gasteiger partial charge in [0.25, 0.3) is 5.91 Å². The predicted molar refractivity (Wildman–Crippen MR) is 139 cm³/mol.